The second-order valence-corrected chi connectivity index (χ2v) is 8.44. The lowest BCUT2D eigenvalue weighted by Crippen LogP contribution is -2.60. The zero-order chi connectivity index (χ0) is 13.6. The van der Waals surface area contributed by atoms with Gasteiger partial charge in [0, 0.05) is 18.6 Å². The summed E-state index contributed by atoms with van der Waals surface area (Å²) in [6, 6.07) is 0. The van der Waals surface area contributed by atoms with Crippen molar-refractivity contribution in [3.05, 3.63) is 0 Å². The Morgan fingerprint density at radius 2 is 1.83 bits per heavy atom. The molecule has 2 aliphatic rings. The van der Waals surface area contributed by atoms with Crippen LogP contribution in [-0.4, -0.2) is 30.1 Å². The lowest BCUT2D eigenvalue weighted by Gasteiger charge is -2.50. The van der Waals surface area contributed by atoms with Gasteiger partial charge in [-0.2, -0.15) is 0 Å². The Kier molecular flexibility index (Phi) is 3.57. The van der Waals surface area contributed by atoms with Crippen molar-refractivity contribution in [3.8, 4) is 0 Å². The van der Waals surface area contributed by atoms with E-state index in [0.29, 0.717) is 10.8 Å². The normalized spacial score (nSPS) is 40.0. The molecule has 0 spiro atoms. The average Bonchev–Trinajstić information content (AvgIpc) is 2.47. The van der Waals surface area contributed by atoms with E-state index in [2.05, 4.69) is 39.5 Å². The number of hydrogen-bond acceptors (Lipinski definition) is 2. The summed E-state index contributed by atoms with van der Waals surface area (Å²) in [5.74, 6) is 0.728. The van der Waals surface area contributed by atoms with Crippen molar-refractivity contribution < 1.29 is 0 Å². The Hall–Kier alpha value is -0.0800. The standard InChI is InChI=1S/C16H32N2/c1-13-9-15(4,5)10-16(13,11-17)18-8-6-7-14(2,3)12-18/h13H,6-12,17H2,1-5H3. The topological polar surface area (TPSA) is 29.3 Å². The van der Waals surface area contributed by atoms with E-state index in [4.69, 9.17) is 5.73 Å². The molecule has 2 unspecified atom stereocenters. The number of nitrogens with zero attached hydrogens (tertiary/aromatic N) is 1. The van der Waals surface area contributed by atoms with Crippen LogP contribution in [0.2, 0.25) is 0 Å². The van der Waals surface area contributed by atoms with Crippen molar-refractivity contribution in [2.75, 3.05) is 19.6 Å². The Morgan fingerprint density at radius 1 is 1.17 bits per heavy atom. The molecule has 2 nitrogen and oxygen atoms in total. The molecule has 0 aromatic rings. The van der Waals surface area contributed by atoms with Crippen molar-refractivity contribution in [3.63, 3.8) is 0 Å². The fourth-order valence-corrected chi connectivity index (χ4v) is 4.72. The molecule has 1 saturated carbocycles. The van der Waals surface area contributed by atoms with E-state index in [1.807, 2.05) is 0 Å². The van der Waals surface area contributed by atoms with Gasteiger partial charge in [-0.25, -0.2) is 0 Å². The van der Waals surface area contributed by atoms with E-state index < -0.39 is 0 Å². The first-order valence-electron chi connectivity index (χ1n) is 7.66. The minimum atomic E-state index is 0.265. The lowest BCUT2D eigenvalue weighted by molar-refractivity contribution is -0.00344. The molecule has 2 fully saturated rings. The van der Waals surface area contributed by atoms with E-state index in [-0.39, 0.29) is 5.54 Å². The van der Waals surface area contributed by atoms with Gasteiger partial charge in [0.2, 0.25) is 0 Å². The van der Waals surface area contributed by atoms with Crippen LogP contribution in [0, 0.1) is 16.7 Å². The Balaban J connectivity index is 2.22. The van der Waals surface area contributed by atoms with Crippen LogP contribution in [0.5, 0.6) is 0 Å². The number of rotatable bonds is 2. The zero-order valence-corrected chi connectivity index (χ0v) is 13.1. The molecule has 106 valence electrons. The fraction of sp³-hybridized carbons (Fsp3) is 1.00. The van der Waals surface area contributed by atoms with Gasteiger partial charge in [0.15, 0.2) is 0 Å². The van der Waals surface area contributed by atoms with E-state index in [9.17, 15) is 0 Å². The van der Waals surface area contributed by atoms with Gasteiger partial charge in [0.1, 0.15) is 0 Å². The summed E-state index contributed by atoms with van der Waals surface area (Å²) in [6.45, 7) is 15.4. The Bertz CT molecular complexity index is 308. The highest BCUT2D eigenvalue weighted by Gasteiger charge is 2.52. The summed E-state index contributed by atoms with van der Waals surface area (Å²) in [6.07, 6.45) is 5.29. The SMILES string of the molecule is CC1CC(C)(C)CC1(CN)N1CCCC(C)(C)C1. The highest BCUT2D eigenvalue weighted by Crippen LogP contribution is 2.51. The molecule has 0 aromatic carbocycles. The van der Waals surface area contributed by atoms with Crippen LogP contribution in [0.15, 0.2) is 0 Å². The summed E-state index contributed by atoms with van der Waals surface area (Å²) in [4.78, 5) is 2.75. The maximum Gasteiger partial charge on any atom is 0.0362 e. The zero-order valence-electron chi connectivity index (χ0n) is 13.1. The summed E-state index contributed by atoms with van der Waals surface area (Å²) < 4.78 is 0. The van der Waals surface area contributed by atoms with Crippen LogP contribution in [0.25, 0.3) is 0 Å². The minimum absolute atomic E-state index is 0.265. The van der Waals surface area contributed by atoms with Crippen LogP contribution in [0.3, 0.4) is 0 Å². The largest absolute Gasteiger partial charge is 0.329 e. The molecule has 2 atom stereocenters. The minimum Gasteiger partial charge on any atom is -0.329 e. The summed E-state index contributed by atoms with van der Waals surface area (Å²) in [5.41, 5.74) is 7.45. The molecule has 0 aromatic heterocycles. The molecular weight excluding hydrogens is 220 g/mol. The first kappa shape index (κ1) is 14.3. The van der Waals surface area contributed by atoms with Gasteiger partial charge in [-0.1, -0.05) is 34.6 Å². The van der Waals surface area contributed by atoms with Crippen LogP contribution in [0.4, 0.5) is 0 Å². The Morgan fingerprint density at radius 3 is 2.28 bits per heavy atom. The van der Waals surface area contributed by atoms with Gasteiger partial charge in [-0.05, 0) is 49.0 Å². The molecule has 0 amide bonds. The van der Waals surface area contributed by atoms with Gasteiger partial charge in [-0.3, -0.25) is 4.90 Å². The third kappa shape index (κ3) is 2.46. The second-order valence-electron chi connectivity index (χ2n) is 8.44. The quantitative estimate of drug-likeness (QED) is 0.817. The lowest BCUT2D eigenvalue weighted by atomic mass is 9.78. The van der Waals surface area contributed by atoms with Crippen LogP contribution in [0.1, 0.15) is 60.3 Å². The molecule has 1 aliphatic carbocycles. The number of piperidine rings is 1. The van der Waals surface area contributed by atoms with Crippen LogP contribution in [-0.2, 0) is 0 Å². The van der Waals surface area contributed by atoms with Crippen LogP contribution >= 0.6 is 0 Å². The second kappa shape index (κ2) is 4.49. The predicted octanol–water partition coefficient (Wildman–Crippen LogP) is 3.26. The smallest absolute Gasteiger partial charge is 0.0362 e. The van der Waals surface area contributed by atoms with Gasteiger partial charge >= 0.3 is 0 Å². The molecule has 0 radical (unpaired) electrons. The molecule has 1 aliphatic heterocycles. The van der Waals surface area contributed by atoms with Gasteiger partial charge in [-0.15, -0.1) is 0 Å². The van der Waals surface area contributed by atoms with E-state index in [1.165, 1.54) is 38.8 Å². The highest BCUT2D eigenvalue weighted by atomic mass is 15.2. The van der Waals surface area contributed by atoms with E-state index >= 15 is 0 Å². The molecule has 2 N–H and O–H groups in total. The molecule has 0 bridgehead atoms. The number of hydrogen-bond donors (Lipinski definition) is 1. The van der Waals surface area contributed by atoms with Gasteiger partial charge in [0.25, 0.3) is 0 Å². The number of nitrogens with two attached hydrogens (primary N) is 1. The summed E-state index contributed by atoms with van der Waals surface area (Å²) >= 11 is 0. The molecule has 2 heteroatoms. The summed E-state index contributed by atoms with van der Waals surface area (Å²) in [7, 11) is 0. The third-order valence-electron chi connectivity index (χ3n) is 5.44. The van der Waals surface area contributed by atoms with Gasteiger partial charge in [0.05, 0.1) is 0 Å². The van der Waals surface area contributed by atoms with E-state index in [1.54, 1.807) is 0 Å². The Labute approximate surface area is 113 Å². The van der Waals surface area contributed by atoms with Crippen molar-refractivity contribution >= 4 is 0 Å². The van der Waals surface area contributed by atoms with E-state index in [0.717, 1.165) is 12.5 Å². The first-order chi connectivity index (χ1) is 8.21. The predicted molar refractivity (Wildman–Crippen MR) is 78.6 cm³/mol. The molecule has 1 heterocycles. The van der Waals surface area contributed by atoms with Crippen molar-refractivity contribution in [1.29, 1.82) is 0 Å². The van der Waals surface area contributed by atoms with Crippen LogP contribution < -0.4 is 5.73 Å². The molecule has 2 rings (SSSR count). The maximum absolute atomic E-state index is 6.26. The average molecular weight is 252 g/mol. The molecule has 1 saturated heterocycles. The first-order valence-corrected chi connectivity index (χ1v) is 7.66. The summed E-state index contributed by atoms with van der Waals surface area (Å²) in [5, 5.41) is 0. The molecule has 18 heavy (non-hydrogen) atoms. The van der Waals surface area contributed by atoms with Gasteiger partial charge < -0.3 is 5.73 Å². The maximum atomic E-state index is 6.26. The monoisotopic (exact) mass is 252 g/mol. The fourth-order valence-electron chi connectivity index (χ4n) is 4.72. The third-order valence-corrected chi connectivity index (χ3v) is 5.44. The van der Waals surface area contributed by atoms with Crippen molar-refractivity contribution in [1.82, 2.24) is 4.90 Å². The van der Waals surface area contributed by atoms with Crippen molar-refractivity contribution in [2.24, 2.45) is 22.5 Å². The van der Waals surface area contributed by atoms with Crippen molar-refractivity contribution in [2.45, 2.75) is 65.8 Å². The number of likely N-dealkylation sites (tertiary alicyclic amines) is 1. The molecular formula is C16H32N2. The highest BCUT2D eigenvalue weighted by molar-refractivity contribution is 5.07.